The van der Waals surface area contributed by atoms with Crippen molar-refractivity contribution < 1.29 is 13.9 Å². The SMILES string of the molecule is CCOc1ccc(C(=O)Nc2ccc3oc(-c4ccc(C)cc4)nc3c2)cc1. The number of aromatic nitrogens is 1. The molecular weight excluding hydrogens is 352 g/mol. The highest BCUT2D eigenvalue weighted by Crippen LogP contribution is 2.26. The number of aryl methyl sites for hydroxylation is 1. The molecular formula is C23H20N2O3. The Balaban J connectivity index is 1.54. The minimum absolute atomic E-state index is 0.190. The molecule has 0 bridgehead atoms. The van der Waals surface area contributed by atoms with E-state index >= 15 is 0 Å². The maximum absolute atomic E-state index is 12.5. The van der Waals surface area contributed by atoms with Crippen molar-refractivity contribution in [2.75, 3.05) is 11.9 Å². The van der Waals surface area contributed by atoms with Crippen LogP contribution in [0.4, 0.5) is 5.69 Å². The van der Waals surface area contributed by atoms with Gasteiger partial charge in [-0.2, -0.15) is 0 Å². The Hall–Kier alpha value is -3.60. The van der Waals surface area contributed by atoms with Crippen LogP contribution in [0.3, 0.4) is 0 Å². The molecule has 0 aliphatic rings. The minimum Gasteiger partial charge on any atom is -0.494 e. The third kappa shape index (κ3) is 3.74. The fraction of sp³-hybridized carbons (Fsp3) is 0.130. The number of carbonyl (C=O) groups excluding carboxylic acids is 1. The van der Waals surface area contributed by atoms with Gasteiger partial charge in [0.25, 0.3) is 5.91 Å². The molecule has 0 aliphatic heterocycles. The monoisotopic (exact) mass is 372 g/mol. The van der Waals surface area contributed by atoms with Crippen LogP contribution in [0.5, 0.6) is 5.75 Å². The van der Waals surface area contributed by atoms with Gasteiger partial charge in [-0.3, -0.25) is 4.79 Å². The van der Waals surface area contributed by atoms with Crippen molar-refractivity contribution in [1.82, 2.24) is 4.98 Å². The second kappa shape index (κ2) is 7.56. The molecule has 0 radical (unpaired) electrons. The van der Waals surface area contributed by atoms with E-state index in [2.05, 4.69) is 10.3 Å². The van der Waals surface area contributed by atoms with Gasteiger partial charge in [0.15, 0.2) is 5.58 Å². The molecule has 0 spiro atoms. The van der Waals surface area contributed by atoms with Crippen molar-refractivity contribution in [3.63, 3.8) is 0 Å². The van der Waals surface area contributed by atoms with Gasteiger partial charge in [0.2, 0.25) is 5.89 Å². The maximum Gasteiger partial charge on any atom is 0.255 e. The van der Waals surface area contributed by atoms with Crippen molar-refractivity contribution in [2.45, 2.75) is 13.8 Å². The Morgan fingerprint density at radius 1 is 1.04 bits per heavy atom. The molecule has 0 saturated carbocycles. The summed E-state index contributed by atoms with van der Waals surface area (Å²) in [6.07, 6.45) is 0. The van der Waals surface area contributed by atoms with E-state index in [1.165, 1.54) is 5.56 Å². The Kier molecular flexibility index (Phi) is 4.81. The Labute approximate surface area is 163 Å². The van der Waals surface area contributed by atoms with Gasteiger partial charge in [0, 0.05) is 16.8 Å². The van der Waals surface area contributed by atoms with Gasteiger partial charge in [0.1, 0.15) is 11.3 Å². The minimum atomic E-state index is -0.190. The molecule has 140 valence electrons. The number of nitrogens with zero attached hydrogens (tertiary/aromatic N) is 1. The highest BCUT2D eigenvalue weighted by molar-refractivity contribution is 6.05. The summed E-state index contributed by atoms with van der Waals surface area (Å²) in [5, 5.41) is 2.90. The number of rotatable bonds is 5. The Bertz CT molecular complexity index is 1110. The summed E-state index contributed by atoms with van der Waals surface area (Å²) in [5.41, 5.74) is 4.69. The van der Waals surface area contributed by atoms with E-state index in [1.54, 1.807) is 30.3 Å². The summed E-state index contributed by atoms with van der Waals surface area (Å²) < 4.78 is 11.2. The quantitative estimate of drug-likeness (QED) is 0.506. The zero-order chi connectivity index (χ0) is 19.5. The van der Waals surface area contributed by atoms with Crippen LogP contribution in [-0.2, 0) is 0 Å². The number of ether oxygens (including phenoxy) is 1. The van der Waals surface area contributed by atoms with Crippen LogP contribution in [0.1, 0.15) is 22.8 Å². The lowest BCUT2D eigenvalue weighted by atomic mass is 10.1. The number of nitrogens with one attached hydrogen (secondary N) is 1. The van der Waals surface area contributed by atoms with Crippen LogP contribution in [0.25, 0.3) is 22.6 Å². The van der Waals surface area contributed by atoms with Crippen LogP contribution in [-0.4, -0.2) is 17.5 Å². The number of hydrogen-bond donors (Lipinski definition) is 1. The second-order valence-electron chi connectivity index (χ2n) is 6.48. The van der Waals surface area contributed by atoms with Crippen molar-refractivity contribution in [1.29, 1.82) is 0 Å². The number of benzene rings is 3. The maximum atomic E-state index is 12.5. The lowest BCUT2D eigenvalue weighted by Gasteiger charge is -2.06. The van der Waals surface area contributed by atoms with Gasteiger partial charge < -0.3 is 14.5 Å². The topological polar surface area (TPSA) is 64.4 Å². The summed E-state index contributed by atoms with van der Waals surface area (Å²) in [4.78, 5) is 17.0. The van der Waals surface area contributed by atoms with E-state index in [-0.39, 0.29) is 5.91 Å². The average molecular weight is 372 g/mol. The number of hydrogen-bond acceptors (Lipinski definition) is 4. The van der Waals surface area contributed by atoms with E-state index in [0.717, 1.165) is 11.3 Å². The number of amides is 1. The van der Waals surface area contributed by atoms with Crippen molar-refractivity contribution >= 4 is 22.7 Å². The van der Waals surface area contributed by atoms with Crippen molar-refractivity contribution in [3.05, 3.63) is 77.9 Å². The van der Waals surface area contributed by atoms with Crippen molar-refractivity contribution in [2.24, 2.45) is 0 Å². The molecule has 28 heavy (non-hydrogen) atoms. The third-order valence-electron chi connectivity index (χ3n) is 4.37. The molecule has 4 aromatic rings. The average Bonchev–Trinajstić information content (AvgIpc) is 3.12. The first kappa shape index (κ1) is 17.8. The van der Waals surface area contributed by atoms with Crippen LogP contribution in [0.2, 0.25) is 0 Å². The number of fused-ring (bicyclic) bond motifs is 1. The first-order chi connectivity index (χ1) is 13.6. The predicted octanol–water partition coefficient (Wildman–Crippen LogP) is 5.45. The van der Waals surface area contributed by atoms with E-state index < -0.39 is 0 Å². The van der Waals surface area contributed by atoms with E-state index in [9.17, 15) is 4.79 Å². The molecule has 0 fully saturated rings. The van der Waals surface area contributed by atoms with Gasteiger partial charge in [-0.15, -0.1) is 0 Å². The zero-order valence-electron chi connectivity index (χ0n) is 15.7. The summed E-state index contributed by atoms with van der Waals surface area (Å²) >= 11 is 0. The number of oxazole rings is 1. The number of carbonyl (C=O) groups is 1. The molecule has 1 amide bonds. The molecule has 5 nitrogen and oxygen atoms in total. The van der Waals surface area contributed by atoms with Gasteiger partial charge >= 0.3 is 0 Å². The largest absolute Gasteiger partial charge is 0.494 e. The fourth-order valence-corrected chi connectivity index (χ4v) is 2.90. The summed E-state index contributed by atoms with van der Waals surface area (Å²) in [6.45, 7) is 4.55. The first-order valence-electron chi connectivity index (χ1n) is 9.14. The molecule has 1 N–H and O–H groups in total. The molecule has 3 aromatic carbocycles. The second-order valence-corrected chi connectivity index (χ2v) is 6.48. The first-order valence-corrected chi connectivity index (χ1v) is 9.14. The molecule has 5 heteroatoms. The highest BCUT2D eigenvalue weighted by Gasteiger charge is 2.11. The lowest BCUT2D eigenvalue weighted by molar-refractivity contribution is 0.102. The smallest absolute Gasteiger partial charge is 0.255 e. The van der Waals surface area contributed by atoms with Gasteiger partial charge in [0.05, 0.1) is 6.61 Å². The molecule has 1 heterocycles. The molecule has 0 atom stereocenters. The van der Waals surface area contributed by atoms with Crippen LogP contribution in [0, 0.1) is 6.92 Å². The third-order valence-corrected chi connectivity index (χ3v) is 4.37. The Morgan fingerprint density at radius 2 is 1.79 bits per heavy atom. The normalized spacial score (nSPS) is 10.8. The van der Waals surface area contributed by atoms with Gasteiger partial charge in [-0.25, -0.2) is 4.98 Å². The number of anilines is 1. The van der Waals surface area contributed by atoms with E-state index in [1.807, 2.05) is 50.2 Å². The standard InChI is InChI=1S/C23H20N2O3/c1-3-27-19-11-8-16(9-12-19)22(26)24-18-10-13-21-20(14-18)25-23(28-21)17-6-4-15(2)5-7-17/h4-14H,3H2,1-2H3,(H,24,26). The predicted molar refractivity (Wildman–Crippen MR) is 110 cm³/mol. The summed E-state index contributed by atoms with van der Waals surface area (Å²) in [6, 6.07) is 20.5. The lowest BCUT2D eigenvalue weighted by Crippen LogP contribution is -2.11. The fourth-order valence-electron chi connectivity index (χ4n) is 2.90. The zero-order valence-corrected chi connectivity index (χ0v) is 15.7. The van der Waals surface area contributed by atoms with Crippen LogP contribution in [0.15, 0.2) is 71.1 Å². The summed E-state index contributed by atoms with van der Waals surface area (Å²) in [7, 11) is 0. The molecule has 0 saturated heterocycles. The molecule has 1 aromatic heterocycles. The molecule has 4 rings (SSSR count). The van der Waals surface area contributed by atoms with E-state index in [0.29, 0.717) is 34.8 Å². The molecule has 0 unspecified atom stereocenters. The van der Waals surface area contributed by atoms with Crippen molar-refractivity contribution in [3.8, 4) is 17.2 Å². The molecule has 0 aliphatic carbocycles. The Morgan fingerprint density at radius 3 is 2.50 bits per heavy atom. The van der Waals surface area contributed by atoms with E-state index in [4.69, 9.17) is 9.15 Å². The van der Waals surface area contributed by atoms with Crippen LogP contribution >= 0.6 is 0 Å². The van der Waals surface area contributed by atoms with Gasteiger partial charge in [-0.1, -0.05) is 17.7 Å². The highest BCUT2D eigenvalue weighted by atomic mass is 16.5. The van der Waals surface area contributed by atoms with Gasteiger partial charge in [-0.05, 0) is 68.4 Å². The summed E-state index contributed by atoms with van der Waals surface area (Å²) in [5.74, 6) is 1.11. The van der Waals surface area contributed by atoms with Crippen LogP contribution < -0.4 is 10.1 Å².